The molecule has 0 spiro atoms. The van der Waals surface area contributed by atoms with Gasteiger partial charge in [-0.15, -0.1) is 0 Å². The zero-order valence-electron chi connectivity index (χ0n) is 14.4. The average molecular weight is 329 g/mol. The van der Waals surface area contributed by atoms with Gasteiger partial charge in [-0.1, -0.05) is 19.0 Å². The first-order valence-corrected chi connectivity index (χ1v) is 8.75. The molecule has 1 aliphatic heterocycles. The molecule has 1 aliphatic carbocycles. The third-order valence-electron chi connectivity index (χ3n) is 4.79. The number of ether oxygens (including phenoxy) is 1. The van der Waals surface area contributed by atoms with Crippen LogP contribution in [0.15, 0.2) is 10.6 Å². The highest BCUT2D eigenvalue weighted by Crippen LogP contribution is 2.41. The van der Waals surface area contributed by atoms with Gasteiger partial charge in [-0.25, -0.2) is 4.98 Å². The van der Waals surface area contributed by atoms with Crippen molar-refractivity contribution in [2.45, 2.75) is 51.6 Å². The highest BCUT2D eigenvalue weighted by molar-refractivity contribution is 6.06. The van der Waals surface area contributed by atoms with Crippen LogP contribution in [-0.4, -0.2) is 46.7 Å². The molecule has 0 bridgehead atoms. The molecule has 2 aliphatic rings. The predicted octanol–water partition coefficient (Wildman–Crippen LogP) is 3.08. The first kappa shape index (κ1) is 15.6. The van der Waals surface area contributed by atoms with Gasteiger partial charge in [0.1, 0.15) is 0 Å². The average Bonchev–Trinajstić information content (AvgIpc) is 3.32. The first-order chi connectivity index (χ1) is 11.5. The van der Waals surface area contributed by atoms with Crippen LogP contribution < -0.4 is 0 Å². The smallest absolute Gasteiger partial charge is 0.259 e. The van der Waals surface area contributed by atoms with Crippen LogP contribution in [0.3, 0.4) is 0 Å². The maximum atomic E-state index is 13.2. The highest BCUT2D eigenvalue weighted by atomic mass is 16.5. The minimum atomic E-state index is 0.0320. The summed E-state index contributed by atoms with van der Waals surface area (Å²) in [6, 6.07) is 1.96. The fourth-order valence-corrected chi connectivity index (χ4v) is 3.32. The van der Waals surface area contributed by atoms with Gasteiger partial charge in [0, 0.05) is 24.7 Å². The van der Waals surface area contributed by atoms with Crippen molar-refractivity contribution in [3.05, 3.63) is 23.0 Å². The van der Waals surface area contributed by atoms with Crippen molar-refractivity contribution < 1.29 is 14.1 Å². The summed E-state index contributed by atoms with van der Waals surface area (Å²) in [6.07, 6.45) is 2.33. The highest BCUT2D eigenvalue weighted by Gasteiger charge is 2.31. The molecule has 4 rings (SSSR count). The summed E-state index contributed by atoms with van der Waals surface area (Å²) in [5.74, 6) is 0.664. The van der Waals surface area contributed by atoms with Gasteiger partial charge in [0.05, 0.1) is 29.4 Å². The fourth-order valence-electron chi connectivity index (χ4n) is 3.32. The second-order valence-electron chi connectivity index (χ2n) is 7.20. The molecule has 1 atom stereocenters. The predicted molar refractivity (Wildman–Crippen MR) is 89.2 cm³/mol. The Morgan fingerprint density at radius 1 is 1.38 bits per heavy atom. The number of rotatable bonds is 3. The van der Waals surface area contributed by atoms with Crippen molar-refractivity contribution in [3.63, 3.8) is 0 Å². The molecular weight excluding hydrogens is 306 g/mol. The number of morpholine rings is 1. The lowest BCUT2D eigenvalue weighted by molar-refractivity contribution is -0.0123. The molecule has 6 nitrogen and oxygen atoms in total. The number of pyridine rings is 1. The first-order valence-electron chi connectivity index (χ1n) is 8.75. The molecule has 1 amide bonds. The summed E-state index contributed by atoms with van der Waals surface area (Å²) in [4.78, 5) is 19.7. The number of amides is 1. The van der Waals surface area contributed by atoms with Crippen molar-refractivity contribution in [1.82, 2.24) is 15.0 Å². The molecule has 2 fully saturated rings. The Kier molecular flexibility index (Phi) is 3.79. The number of aromatic nitrogens is 2. The standard InChI is InChI=1S/C18H23N3O3/c1-10(2)16-15-13(18(22)21-6-7-23-11(3)9-21)8-14(12-4-5-12)19-17(15)24-20-16/h8,10-12H,4-7,9H2,1-3H3/t11-/m1/s1. The van der Waals surface area contributed by atoms with Crippen LogP contribution >= 0.6 is 0 Å². The molecule has 2 aromatic heterocycles. The van der Waals surface area contributed by atoms with E-state index < -0.39 is 0 Å². The Morgan fingerprint density at radius 3 is 2.83 bits per heavy atom. The Balaban J connectivity index is 1.81. The Bertz CT molecular complexity index is 779. The van der Waals surface area contributed by atoms with Gasteiger partial charge in [0.2, 0.25) is 0 Å². The monoisotopic (exact) mass is 329 g/mol. The molecule has 6 heteroatoms. The molecule has 128 valence electrons. The zero-order valence-corrected chi connectivity index (χ0v) is 14.4. The molecule has 0 aromatic carbocycles. The summed E-state index contributed by atoms with van der Waals surface area (Å²) in [5, 5.41) is 4.96. The third-order valence-corrected chi connectivity index (χ3v) is 4.79. The largest absolute Gasteiger partial charge is 0.375 e. The summed E-state index contributed by atoms with van der Waals surface area (Å²) in [6.45, 7) is 7.92. The van der Waals surface area contributed by atoms with Crippen molar-refractivity contribution in [2.24, 2.45) is 0 Å². The summed E-state index contributed by atoms with van der Waals surface area (Å²) in [7, 11) is 0. The third kappa shape index (κ3) is 2.69. The van der Waals surface area contributed by atoms with Crippen LogP contribution in [0.1, 0.15) is 67.2 Å². The number of hydrogen-bond acceptors (Lipinski definition) is 5. The van der Waals surface area contributed by atoms with Crippen molar-refractivity contribution in [1.29, 1.82) is 0 Å². The van der Waals surface area contributed by atoms with E-state index in [2.05, 4.69) is 24.0 Å². The van der Waals surface area contributed by atoms with Gasteiger partial charge in [-0.3, -0.25) is 4.79 Å². The van der Waals surface area contributed by atoms with Gasteiger partial charge in [0.25, 0.3) is 11.6 Å². The lowest BCUT2D eigenvalue weighted by Crippen LogP contribution is -2.44. The molecule has 3 heterocycles. The van der Waals surface area contributed by atoms with E-state index >= 15 is 0 Å². The minimum absolute atomic E-state index is 0.0320. The van der Waals surface area contributed by atoms with Gasteiger partial charge >= 0.3 is 0 Å². The van der Waals surface area contributed by atoms with Crippen LogP contribution in [-0.2, 0) is 4.74 Å². The van der Waals surface area contributed by atoms with Crippen molar-refractivity contribution in [2.75, 3.05) is 19.7 Å². The second kappa shape index (κ2) is 5.84. The lowest BCUT2D eigenvalue weighted by atomic mass is 10.0. The number of fused-ring (bicyclic) bond motifs is 1. The van der Waals surface area contributed by atoms with Gasteiger partial charge < -0.3 is 14.2 Å². The minimum Gasteiger partial charge on any atom is -0.375 e. The van der Waals surface area contributed by atoms with Gasteiger partial charge in [0.15, 0.2) is 0 Å². The van der Waals surface area contributed by atoms with Crippen LogP contribution in [0.4, 0.5) is 0 Å². The van der Waals surface area contributed by atoms with Gasteiger partial charge in [-0.2, -0.15) is 0 Å². The SMILES string of the molecule is CC(C)c1noc2nc(C3CC3)cc(C(=O)N3CCO[C@H](C)C3)c12. The van der Waals surface area contributed by atoms with E-state index in [1.165, 1.54) is 0 Å². The van der Waals surface area contributed by atoms with Crippen LogP contribution in [0.5, 0.6) is 0 Å². The molecule has 2 aromatic rings. The maximum Gasteiger partial charge on any atom is 0.259 e. The quantitative estimate of drug-likeness (QED) is 0.865. The van der Waals surface area contributed by atoms with Crippen LogP contribution in [0, 0.1) is 0 Å². The van der Waals surface area contributed by atoms with Crippen molar-refractivity contribution >= 4 is 17.0 Å². The number of carbonyl (C=O) groups excluding carboxylic acids is 1. The van der Waals surface area contributed by atoms with Crippen LogP contribution in [0.25, 0.3) is 11.1 Å². The Hall–Kier alpha value is -1.95. The van der Waals surface area contributed by atoms with E-state index in [4.69, 9.17) is 9.26 Å². The summed E-state index contributed by atoms with van der Waals surface area (Å²) < 4.78 is 11.0. The van der Waals surface area contributed by atoms with Crippen LogP contribution in [0.2, 0.25) is 0 Å². The molecule has 24 heavy (non-hydrogen) atoms. The van der Waals surface area contributed by atoms with E-state index in [1.807, 2.05) is 17.9 Å². The normalized spacial score (nSPS) is 21.7. The number of nitrogens with zero attached hydrogens (tertiary/aromatic N) is 3. The van der Waals surface area contributed by atoms with E-state index in [0.717, 1.165) is 29.6 Å². The summed E-state index contributed by atoms with van der Waals surface area (Å²) >= 11 is 0. The van der Waals surface area contributed by atoms with E-state index in [9.17, 15) is 4.79 Å². The van der Waals surface area contributed by atoms with E-state index in [0.29, 0.717) is 36.9 Å². The Morgan fingerprint density at radius 2 is 2.17 bits per heavy atom. The molecule has 1 saturated heterocycles. The topological polar surface area (TPSA) is 68.5 Å². The fraction of sp³-hybridized carbons (Fsp3) is 0.611. The molecule has 0 radical (unpaired) electrons. The number of hydrogen-bond donors (Lipinski definition) is 0. The molecule has 0 unspecified atom stereocenters. The van der Waals surface area contributed by atoms with Crippen molar-refractivity contribution in [3.8, 4) is 0 Å². The van der Waals surface area contributed by atoms with E-state index in [-0.39, 0.29) is 17.9 Å². The zero-order chi connectivity index (χ0) is 16.8. The van der Waals surface area contributed by atoms with Gasteiger partial charge in [-0.05, 0) is 31.7 Å². The summed E-state index contributed by atoms with van der Waals surface area (Å²) in [5.41, 5.74) is 2.94. The Labute approximate surface area is 141 Å². The lowest BCUT2D eigenvalue weighted by Gasteiger charge is -2.31. The number of carbonyl (C=O) groups is 1. The second-order valence-corrected chi connectivity index (χ2v) is 7.20. The van der Waals surface area contributed by atoms with E-state index in [1.54, 1.807) is 0 Å². The molecular formula is C18H23N3O3. The molecule has 0 N–H and O–H groups in total. The maximum absolute atomic E-state index is 13.2. The molecule has 1 saturated carbocycles.